The molecule has 2 saturated heterocycles. The third-order valence-electron chi connectivity index (χ3n) is 6.50. The van der Waals surface area contributed by atoms with Gasteiger partial charge in [0.15, 0.2) is 5.78 Å². The van der Waals surface area contributed by atoms with Gasteiger partial charge in [-0.25, -0.2) is 0 Å². The number of hydrogen-bond acceptors (Lipinski definition) is 3. The zero-order chi connectivity index (χ0) is 24.0. The van der Waals surface area contributed by atoms with E-state index in [0.29, 0.717) is 19.4 Å². The summed E-state index contributed by atoms with van der Waals surface area (Å²) in [7, 11) is 0. The molecule has 182 valence electrons. The highest BCUT2D eigenvalue weighted by Crippen LogP contribution is 2.38. The maximum Gasteiger partial charge on any atom is 0.223 e. The van der Waals surface area contributed by atoms with Crippen LogP contribution in [0.1, 0.15) is 120 Å². The topological polar surface area (TPSA) is 57.7 Å². The van der Waals surface area contributed by atoms with Crippen LogP contribution < -0.4 is 0 Å². The van der Waals surface area contributed by atoms with E-state index in [9.17, 15) is 14.4 Å². The molecule has 0 radical (unpaired) electrons. The first-order chi connectivity index (χ1) is 14.8. The zero-order valence-electron chi connectivity index (χ0n) is 21.8. The molecule has 5 nitrogen and oxygen atoms in total. The van der Waals surface area contributed by atoms with Gasteiger partial charge in [-0.3, -0.25) is 14.4 Å². The van der Waals surface area contributed by atoms with Gasteiger partial charge in [0.2, 0.25) is 11.8 Å². The van der Waals surface area contributed by atoms with Gasteiger partial charge < -0.3 is 9.80 Å². The molecule has 2 rings (SSSR count). The molecule has 0 aromatic rings. The Balaban J connectivity index is 0.00000212. The summed E-state index contributed by atoms with van der Waals surface area (Å²) in [6, 6.07) is 0.00495. The highest BCUT2D eigenvalue weighted by molar-refractivity contribution is 5.88. The molecule has 0 saturated carbocycles. The molecule has 2 amide bonds. The van der Waals surface area contributed by atoms with Crippen LogP contribution in [0.2, 0.25) is 0 Å². The van der Waals surface area contributed by atoms with Gasteiger partial charge in [0.25, 0.3) is 0 Å². The first kappa shape index (κ1) is 29.6. The molecular formula is C26H50N2O3. The van der Waals surface area contributed by atoms with Crippen molar-refractivity contribution >= 4 is 17.6 Å². The van der Waals surface area contributed by atoms with E-state index in [1.54, 1.807) is 11.8 Å². The highest BCUT2D eigenvalue weighted by Gasteiger charge is 2.40. The van der Waals surface area contributed by atoms with Crippen LogP contribution in [-0.2, 0) is 14.4 Å². The highest BCUT2D eigenvalue weighted by atomic mass is 16.2. The van der Waals surface area contributed by atoms with Gasteiger partial charge in [0.05, 0.1) is 6.04 Å². The van der Waals surface area contributed by atoms with E-state index in [4.69, 9.17) is 0 Å². The van der Waals surface area contributed by atoms with Crippen LogP contribution in [0.15, 0.2) is 0 Å². The summed E-state index contributed by atoms with van der Waals surface area (Å²) in [5.41, 5.74) is -0.0853. The summed E-state index contributed by atoms with van der Waals surface area (Å²) >= 11 is 0. The second-order valence-electron chi connectivity index (χ2n) is 9.05. The van der Waals surface area contributed by atoms with Crippen LogP contribution in [-0.4, -0.2) is 52.6 Å². The fraction of sp³-hybridized carbons (Fsp3) is 0.885. The van der Waals surface area contributed by atoms with Crippen LogP contribution in [0, 0.1) is 5.41 Å². The van der Waals surface area contributed by atoms with Crippen molar-refractivity contribution in [1.29, 1.82) is 0 Å². The Morgan fingerprint density at radius 3 is 1.97 bits per heavy atom. The number of amides is 2. The molecule has 2 aliphatic rings. The van der Waals surface area contributed by atoms with Gasteiger partial charge in [0, 0.05) is 32.0 Å². The summed E-state index contributed by atoms with van der Waals surface area (Å²) in [4.78, 5) is 41.0. The average Bonchev–Trinajstić information content (AvgIpc) is 3.45. The first-order valence-corrected chi connectivity index (χ1v) is 12.9. The summed E-state index contributed by atoms with van der Waals surface area (Å²) in [6.07, 6.45) is 8.88. The molecule has 2 aliphatic heterocycles. The van der Waals surface area contributed by atoms with E-state index in [1.165, 1.54) is 0 Å². The number of unbranched alkanes of at least 4 members (excludes halogenated alkanes) is 2. The number of rotatable bonds is 9. The zero-order valence-corrected chi connectivity index (χ0v) is 21.8. The van der Waals surface area contributed by atoms with Gasteiger partial charge in [-0.05, 0) is 50.9 Å². The minimum Gasteiger partial charge on any atom is -0.339 e. The van der Waals surface area contributed by atoms with Crippen LogP contribution in [0.5, 0.6) is 0 Å². The summed E-state index contributed by atoms with van der Waals surface area (Å²) in [5.74, 6) is 0.473. The number of carbonyl (C=O) groups excluding carboxylic acids is 3. The number of carbonyl (C=O) groups is 3. The minimum atomic E-state index is -0.219. The molecule has 2 atom stereocenters. The van der Waals surface area contributed by atoms with Crippen LogP contribution in [0.4, 0.5) is 0 Å². The lowest BCUT2D eigenvalue weighted by molar-refractivity contribution is -0.138. The number of likely N-dealkylation sites (tertiary alicyclic amines) is 2. The molecule has 2 fully saturated rings. The standard InChI is InChI=1S/C22H38N2O3.2C2H6/c1-5-6-7-12-20(26)24-16-9-11-19(24)22(3,4)14-13-21(27)23-15-8-10-18(23)17(2)25;2*1-2/h18-19H,5-16H2,1-4H3;2*1-2H3/t18-,19?;;/m0../s1. The van der Waals surface area contributed by atoms with Gasteiger partial charge in [-0.15, -0.1) is 0 Å². The Morgan fingerprint density at radius 1 is 0.839 bits per heavy atom. The molecule has 0 N–H and O–H groups in total. The van der Waals surface area contributed by atoms with E-state index >= 15 is 0 Å². The third-order valence-corrected chi connectivity index (χ3v) is 6.50. The first-order valence-electron chi connectivity index (χ1n) is 12.9. The smallest absolute Gasteiger partial charge is 0.223 e. The Morgan fingerprint density at radius 2 is 1.39 bits per heavy atom. The van der Waals surface area contributed by atoms with Crippen molar-refractivity contribution < 1.29 is 14.4 Å². The number of ketones is 1. The molecule has 0 aromatic heterocycles. The molecular weight excluding hydrogens is 388 g/mol. The molecule has 0 aliphatic carbocycles. The molecule has 2 heterocycles. The van der Waals surface area contributed by atoms with E-state index in [0.717, 1.165) is 57.9 Å². The maximum absolute atomic E-state index is 12.7. The van der Waals surface area contributed by atoms with Gasteiger partial charge in [-0.1, -0.05) is 61.3 Å². The lowest BCUT2D eigenvalue weighted by atomic mass is 9.78. The van der Waals surface area contributed by atoms with E-state index in [2.05, 4.69) is 25.7 Å². The second-order valence-corrected chi connectivity index (χ2v) is 9.05. The van der Waals surface area contributed by atoms with Crippen molar-refractivity contribution in [3.05, 3.63) is 0 Å². The molecule has 1 unspecified atom stereocenters. The molecule has 0 spiro atoms. The average molecular weight is 439 g/mol. The van der Waals surface area contributed by atoms with E-state index in [-0.39, 0.29) is 35.1 Å². The van der Waals surface area contributed by atoms with Gasteiger partial charge in [-0.2, -0.15) is 0 Å². The van der Waals surface area contributed by atoms with Crippen LogP contribution >= 0.6 is 0 Å². The van der Waals surface area contributed by atoms with Gasteiger partial charge in [0.1, 0.15) is 0 Å². The Bertz CT molecular complexity index is 545. The fourth-order valence-electron chi connectivity index (χ4n) is 4.77. The SMILES string of the molecule is CC.CC.CCCCCC(=O)N1CCCC1C(C)(C)CCC(=O)N1CCC[C@H]1C(C)=O. The number of hydrogen-bond donors (Lipinski definition) is 0. The second kappa shape index (κ2) is 15.4. The largest absolute Gasteiger partial charge is 0.339 e. The Hall–Kier alpha value is -1.39. The van der Waals surface area contributed by atoms with Crippen molar-refractivity contribution in [2.75, 3.05) is 13.1 Å². The lowest BCUT2D eigenvalue weighted by Crippen LogP contribution is -2.45. The number of nitrogens with zero attached hydrogens (tertiary/aromatic N) is 2. The van der Waals surface area contributed by atoms with E-state index < -0.39 is 0 Å². The molecule has 0 bridgehead atoms. The fourth-order valence-corrected chi connectivity index (χ4v) is 4.77. The van der Waals surface area contributed by atoms with Crippen molar-refractivity contribution in [2.24, 2.45) is 5.41 Å². The molecule has 5 heteroatoms. The van der Waals surface area contributed by atoms with Crippen LogP contribution in [0.3, 0.4) is 0 Å². The van der Waals surface area contributed by atoms with Crippen molar-refractivity contribution in [3.8, 4) is 0 Å². The van der Waals surface area contributed by atoms with Crippen molar-refractivity contribution in [2.45, 2.75) is 132 Å². The van der Waals surface area contributed by atoms with Gasteiger partial charge >= 0.3 is 0 Å². The molecule has 0 aromatic carbocycles. The monoisotopic (exact) mass is 438 g/mol. The van der Waals surface area contributed by atoms with Crippen LogP contribution in [0.25, 0.3) is 0 Å². The normalized spacial score (nSPS) is 20.5. The predicted molar refractivity (Wildman–Crippen MR) is 130 cm³/mol. The Labute approximate surface area is 192 Å². The molecule has 31 heavy (non-hydrogen) atoms. The quantitative estimate of drug-likeness (QED) is 0.415. The maximum atomic E-state index is 12.7. The lowest BCUT2D eigenvalue weighted by Gasteiger charge is -2.38. The van der Waals surface area contributed by atoms with E-state index in [1.807, 2.05) is 27.7 Å². The summed E-state index contributed by atoms with van der Waals surface area (Å²) in [6.45, 7) is 17.7. The minimum absolute atomic E-state index is 0.0853. The van der Waals surface area contributed by atoms with Crippen molar-refractivity contribution in [3.63, 3.8) is 0 Å². The number of Topliss-reactive ketones (excluding diaryl/α,β-unsaturated/α-hetero) is 1. The third kappa shape index (κ3) is 8.94. The Kier molecular flexibility index (Phi) is 14.7. The van der Waals surface area contributed by atoms with Crippen molar-refractivity contribution in [1.82, 2.24) is 9.80 Å². The summed E-state index contributed by atoms with van der Waals surface area (Å²) < 4.78 is 0. The summed E-state index contributed by atoms with van der Waals surface area (Å²) in [5, 5.41) is 0. The predicted octanol–water partition coefficient (Wildman–Crippen LogP) is 6.00.